The van der Waals surface area contributed by atoms with Crippen molar-refractivity contribution in [3.8, 4) is 0 Å². The van der Waals surface area contributed by atoms with Gasteiger partial charge in [0.25, 0.3) is 6.43 Å². The van der Waals surface area contributed by atoms with Gasteiger partial charge in [-0.3, -0.25) is 4.90 Å². The number of nitrogens with one attached hydrogen (secondary N) is 1. The number of alkyl halides is 2. The Morgan fingerprint density at radius 1 is 1.33 bits per heavy atom. The Kier molecular flexibility index (Phi) is 6.05. The van der Waals surface area contributed by atoms with Crippen LogP contribution in [0, 0.1) is 0 Å². The molecule has 0 bridgehead atoms. The topological polar surface area (TPSA) is 18.5 Å². The lowest BCUT2D eigenvalue weighted by Crippen LogP contribution is -2.36. The van der Waals surface area contributed by atoms with Crippen molar-refractivity contribution in [3.05, 3.63) is 0 Å². The van der Waals surface area contributed by atoms with Gasteiger partial charge in [-0.15, -0.1) is 0 Å². The third-order valence-corrected chi connectivity index (χ3v) is 2.68. The fourth-order valence-corrected chi connectivity index (χ4v) is 1.76. The van der Waals surface area contributed by atoms with Crippen LogP contribution in [0.1, 0.15) is 6.42 Å². The molecule has 15 heavy (non-hydrogen) atoms. The van der Waals surface area contributed by atoms with Crippen LogP contribution in [0.3, 0.4) is 0 Å². The Morgan fingerprint density at radius 3 is 2.87 bits per heavy atom. The second kappa shape index (κ2) is 7.09. The van der Waals surface area contributed by atoms with E-state index in [0.717, 1.165) is 45.7 Å². The van der Waals surface area contributed by atoms with Crippen LogP contribution in [-0.2, 0) is 0 Å². The third-order valence-electron chi connectivity index (χ3n) is 2.68. The molecule has 0 aromatic heterocycles. The van der Waals surface area contributed by atoms with E-state index in [4.69, 9.17) is 0 Å². The predicted octanol–water partition coefficient (Wildman–Crippen LogP) is 0.479. The van der Waals surface area contributed by atoms with E-state index < -0.39 is 6.43 Å². The van der Waals surface area contributed by atoms with Gasteiger partial charge in [0.2, 0.25) is 0 Å². The van der Waals surface area contributed by atoms with E-state index >= 15 is 0 Å². The molecule has 1 saturated heterocycles. The monoisotopic (exact) mass is 221 g/mol. The zero-order chi connectivity index (χ0) is 11.1. The van der Waals surface area contributed by atoms with E-state index in [2.05, 4.69) is 10.2 Å². The summed E-state index contributed by atoms with van der Waals surface area (Å²) in [4.78, 5) is 4.03. The highest BCUT2D eigenvalue weighted by atomic mass is 19.3. The minimum Gasteiger partial charge on any atom is -0.315 e. The van der Waals surface area contributed by atoms with E-state index in [0.29, 0.717) is 0 Å². The maximum absolute atomic E-state index is 12.1. The summed E-state index contributed by atoms with van der Waals surface area (Å²) in [6, 6.07) is 0. The van der Waals surface area contributed by atoms with Gasteiger partial charge in [-0.2, -0.15) is 0 Å². The molecule has 0 amide bonds. The highest BCUT2D eigenvalue weighted by Gasteiger charge is 2.11. The van der Waals surface area contributed by atoms with Gasteiger partial charge in [-0.05, 0) is 26.6 Å². The molecule has 1 aliphatic heterocycles. The van der Waals surface area contributed by atoms with Crippen LogP contribution in [0.15, 0.2) is 0 Å². The fourth-order valence-electron chi connectivity index (χ4n) is 1.76. The van der Waals surface area contributed by atoms with Gasteiger partial charge < -0.3 is 10.2 Å². The lowest BCUT2D eigenvalue weighted by atomic mass is 10.4. The number of rotatable bonds is 5. The molecule has 1 aliphatic rings. The summed E-state index contributed by atoms with van der Waals surface area (Å²) in [6.45, 7) is 5.70. The average molecular weight is 221 g/mol. The van der Waals surface area contributed by atoms with E-state index in [1.807, 2.05) is 0 Å². The van der Waals surface area contributed by atoms with Crippen LogP contribution in [0.2, 0.25) is 0 Å². The Bertz CT molecular complexity index is 159. The first-order valence-electron chi connectivity index (χ1n) is 5.58. The standard InChI is InChI=1S/C10H21F2N3/c1-14(9-10(11)12)7-8-15-5-2-3-13-4-6-15/h10,13H,2-9H2,1H3. The molecule has 90 valence electrons. The molecule has 1 N–H and O–H groups in total. The highest BCUT2D eigenvalue weighted by molar-refractivity contribution is 4.67. The van der Waals surface area contributed by atoms with Gasteiger partial charge >= 0.3 is 0 Å². The van der Waals surface area contributed by atoms with Gasteiger partial charge in [0.05, 0.1) is 6.54 Å². The number of halogens is 2. The molecule has 1 rings (SSSR count). The normalized spacial score (nSPS) is 19.8. The molecule has 1 heterocycles. The van der Waals surface area contributed by atoms with Crippen molar-refractivity contribution in [1.29, 1.82) is 0 Å². The smallest absolute Gasteiger partial charge is 0.251 e. The van der Waals surface area contributed by atoms with Crippen molar-refractivity contribution >= 4 is 0 Å². The van der Waals surface area contributed by atoms with E-state index in [1.165, 1.54) is 0 Å². The molecule has 0 aliphatic carbocycles. The molecule has 0 radical (unpaired) electrons. The second-order valence-electron chi connectivity index (χ2n) is 4.10. The third kappa shape index (κ3) is 6.02. The molecule has 1 fully saturated rings. The van der Waals surface area contributed by atoms with Crippen LogP contribution in [0.5, 0.6) is 0 Å². The molecular formula is C10H21F2N3. The van der Waals surface area contributed by atoms with Gasteiger partial charge in [-0.1, -0.05) is 0 Å². The molecule has 0 aromatic rings. The summed E-state index contributed by atoms with van der Waals surface area (Å²) in [5.74, 6) is 0. The fraction of sp³-hybridized carbons (Fsp3) is 1.00. The number of hydrogen-bond acceptors (Lipinski definition) is 3. The van der Waals surface area contributed by atoms with Crippen LogP contribution in [0.25, 0.3) is 0 Å². The summed E-state index contributed by atoms with van der Waals surface area (Å²) in [5, 5.41) is 3.32. The van der Waals surface area contributed by atoms with E-state index in [-0.39, 0.29) is 6.54 Å². The van der Waals surface area contributed by atoms with Crippen LogP contribution in [0.4, 0.5) is 8.78 Å². The summed E-state index contributed by atoms with van der Waals surface area (Å²) >= 11 is 0. The number of likely N-dealkylation sites (N-methyl/N-ethyl adjacent to an activating group) is 1. The highest BCUT2D eigenvalue weighted by Crippen LogP contribution is 1.98. The summed E-state index contributed by atoms with van der Waals surface area (Å²) < 4.78 is 24.1. The number of hydrogen-bond donors (Lipinski definition) is 1. The first kappa shape index (κ1) is 12.8. The molecule has 5 heteroatoms. The van der Waals surface area contributed by atoms with Crippen molar-refractivity contribution in [2.45, 2.75) is 12.8 Å². The average Bonchev–Trinajstić information content (AvgIpc) is 2.41. The summed E-state index contributed by atoms with van der Waals surface area (Å²) in [7, 11) is 1.75. The largest absolute Gasteiger partial charge is 0.315 e. The van der Waals surface area contributed by atoms with Crippen molar-refractivity contribution < 1.29 is 8.78 Å². The van der Waals surface area contributed by atoms with Gasteiger partial charge in [-0.25, -0.2) is 8.78 Å². The Hall–Kier alpha value is -0.260. The van der Waals surface area contributed by atoms with Gasteiger partial charge in [0.1, 0.15) is 0 Å². The predicted molar refractivity (Wildman–Crippen MR) is 57.4 cm³/mol. The Balaban J connectivity index is 2.11. The minimum absolute atomic E-state index is 0.119. The van der Waals surface area contributed by atoms with Crippen molar-refractivity contribution in [2.24, 2.45) is 0 Å². The quantitative estimate of drug-likeness (QED) is 0.728. The van der Waals surface area contributed by atoms with E-state index in [1.54, 1.807) is 11.9 Å². The van der Waals surface area contributed by atoms with Crippen LogP contribution >= 0.6 is 0 Å². The first-order valence-corrected chi connectivity index (χ1v) is 5.58. The van der Waals surface area contributed by atoms with Crippen molar-refractivity contribution in [2.75, 3.05) is 52.9 Å². The maximum atomic E-state index is 12.1. The zero-order valence-electron chi connectivity index (χ0n) is 9.38. The first-order chi connectivity index (χ1) is 7.18. The molecule has 0 aromatic carbocycles. The zero-order valence-corrected chi connectivity index (χ0v) is 9.38. The Labute approximate surface area is 90.4 Å². The maximum Gasteiger partial charge on any atom is 0.251 e. The number of nitrogens with zero attached hydrogens (tertiary/aromatic N) is 2. The molecule has 0 spiro atoms. The second-order valence-corrected chi connectivity index (χ2v) is 4.10. The minimum atomic E-state index is -2.22. The lowest BCUT2D eigenvalue weighted by Gasteiger charge is -2.23. The molecule has 3 nitrogen and oxygen atoms in total. The van der Waals surface area contributed by atoms with Gasteiger partial charge in [0.15, 0.2) is 0 Å². The molecule has 0 atom stereocenters. The van der Waals surface area contributed by atoms with Crippen LogP contribution in [-0.4, -0.2) is 69.1 Å². The Morgan fingerprint density at radius 2 is 2.13 bits per heavy atom. The van der Waals surface area contributed by atoms with Crippen molar-refractivity contribution in [1.82, 2.24) is 15.1 Å². The molecular weight excluding hydrogens is 200 g/mol. The summed E-state index contributed by atoms with van der Waals surface area (Å²) in [5.41, 5.74) is 0. The summed E-state index contributed by atoms with van der Waals surface area (Å²) in [6.07, 6.45) is -1.07. The molecule has 0 saturated carbocycles. The SMILES string of the molecule is CN(CCN1CCCNCC1)CC(F)F. The van der Waals surface area contributed by atoms with Gasteiger partial charge in [0, 0.05) is 26.2 Å². The lowest BCUT2D eigenvalue weighted by molar-refractivity contribution is 0.0948. The molecule has 0 unspecified atom stereocenters. The van der Waals surface area contributed by atoms with Crippen molar-refractivity contribution in [3.63, 3.8) is 0 Å². The van der Waals surface area contributed by atoms with Crippen LogP contribution < -0.4 is 5.32 Å². The van der Waals surface area contributed by atoms with E-state index in [9.17, 15) is 8.78 Å².